The summed E-state index contributed by atoms with van der Waals surface area (Å²) in [6.07, 6.45) is 1.13. The highest BCUT2D eigenvalue weighted by Crippen LogP contribution is 2.05. The van der Waals surface area contributed by atoms with Crippen molar-refractivity contribution in [2.24, 2.45) is 4.99 Å². The molecular formula is C17H30N4. The van der Waals surface area contributed by atoms with Gasteiger partial charge in [-0.3, -0.25) is 4.99 Å². The number of rotatable bonds is 8. The number of aliphatic imine (C=N–C) groups is 1. The van der Waals surface area contributed by atoms with Crippen LogP contribution in [0.3, 0.4) is 0 Å². The summed E-state index contributed by atoms with van der Waals surface area (Å²) >= 11 is 0. The van der Waals surface area contributed by atoms with E-state index >= 15 is 0 Å². The number of nitrogens with one attached hydrogen (secondary N) is 2. The van der Waals surface area contributed by atoms with Crippen molar-refractivity contribution in [1.29, 1.82) is 0 Å². The summed E-state index contributed by atoms with van der Waals surface area (Å²) in [6, 6.07) is 8.43. The van der Waals surface area contributed by atoms with Crippen molar-refractivity contribution in [2.75, 3.05) is 33.2 Å². The van der Waals surface area contributed by atoms with Crippen LogP contribution in [0.15, 0.2) is 29.3 Å². The summed E-state index contributed by atoms with van der Waals surface area (Å²) in [6.45, 7) is 11.7. The predicted molar refractivity (Wildman–Crippen MR) is 91.8 cm³/mol. The van der Waals surface area contributed by atoms with E-state index in [2.05, 4.69) is 65.6 Å². The van der Waals surface area contributed by atoms with Crippen LogP contribution in [0, 0.1) is 6.92 Å². The molecule has 21 heavy (non-hydrogen) atoms. The van der Waals surface area contributed by atoms with Gasteiger partial charge in [-0.2, -0.15) is 0 Å². The highest BCUT2D eigenvalue weighted by molar-refractivity contribution is 5.79. The van der Waals surface area contributed by atoms with E-state index in [9.17, 15) is 0 Å². The minimum absolute atomic E-state index is 0.808. The number of hydrogen-bond acceptors (Lipinski definition) is 2. The smallest absolute Gasteiger partial charge is 0.191 e. The molecule has 1 rings (SSSR count). The summed E-state index contributed by atoms with van der Waals surface area (Å²) in [7, 11) is 1.82. The van der Waals surface area contributed by atoms with E-state index in [0.717, 1.165) is 45.1 Å². The molecule has 1 aromatic carbocycles. The summed E-state index contributed by atoms with van der Waals surface area (Å²) in [4.78, 5) is 6.71. The molecule has 0 heterocycles. The lowest BCUT2D eigenvalue weighted by atomic mass is 10.1. The van der Waals surface area contributed by atoms with E-state index in [1.165, 1.54) is 11.1 Å². The van der Waals surface area contributed by atoms with E-state index in [4.69, 9.17) is 0 Å². The van der Waals surface area contributed by atoms with Crippen molar-refractivity contribution >= 4 is 5.96 Å². The fourth-order valence-electron chi connectivity index (χ4n) is 2.26. The summed E-state index contributed by atoms with van der Waals surface area (Å²) in [5, 5.41) is 6.74. The van der Waals surface area contributed by atoms with E-state index in [1.54, 1.807) is 0 Å². The van der Waals surface area contributed by atoms with Crippen LogP contribution < -0.4 is 10.6 Å². The van der Waals surface area contributed by atoms with Crippen LogP contribution in [0.4, 0.5) is 0 Å². The molecule has 118 valence electrons. The number of benzene rings is 1. The van der Waals surface area contributed by atoms with Gasteiger partial charge in [-0.15, -0.1) is 0 Å². The molecule has 4 heteroatoms. The zero-order chi connectivity index (χ0) is 15.5. The molecule has 0 radical (unpaired) electrons. The summed E-state index contributed by atoms with van der Waals surface area (Å²) in [5.41, 5.74) is 2.62. The third kappa shape index (κ3) is 6.63. The maximum atomic E-state index is 4.27. The Labute approximate surface area is 129 Å². The molecule has 1 aromatic rings. The van der Waals surface area contributed by atoms with Crippen LogP contribution in [0.25, 0.3) is 0 Å². The van der Waals surface area contributed by atoms with E-state index in [-0.39, 0.29) is 0 Å². The largest absolute Gasteiger partial charge is 0.356 e. The maximum Gasteiger partial charge on any atom is 0.191 e. The predicted octanol–water partition coefficient (Wildman–Crippen LogP) is 2.39. The molecule has 0 aliphatic heterocycles. The molecule has 2 N–H and O–H groups in total. The average Bonchev–Trinajstić information content (AvgIpc) is 2.52. The lowest BCUT2D eigenvalue weighted by Gasteiger charge is -2.18. The number of hydrogen-bond donors (Lipinski definition) is 2. The Kier molecular flexibility index (Phi) is 8.51. The Morgan fingerprint density at radius 3 is 2.48 bits per heavy atom. The molecule has 0 atom stereocenters. The lowest BCUT2D eigenvalue weighted by molar-refractivity contribution is 0.300. The molecule has 0 aliphatic rings. The molecule has 0 saturated carbocycles. The van der Waals surface area contributed by atoms with Gasteiger partial charge in [0.15, 0.2) is 5.96 Å². The van der Waals surface area contributed by atoms with E-state index < -0.39 is 0 Å². The molecule has 0 bridgehead atoms. The van der Waals surface area contributed by atoms with Gasteiger partial charge in [0.05, 0.1) is 0 Å². The zero-order valence-corrected chi connectivity index (χ0v) is 13.9. The van der Waals surface area contributed by atoms with Crippen molar-refractivity contribution in [2.45, 2.75) is 33.7 Å². The Morgan fingerprint density at radius 2 is 1.86 bits per heavy atom. The second kappa shape index (κ2) is 10.2. The van der Waals surface area contributed by atoms with E-state index in [0.29, 0.717) is 0 Å². The molecular weight excluding hydrogens is 260 g/mol. The minimum Gasteiger partial charge on any atom is -0.356 e. The van der Waals surface area contributed by atoms with Crippen molar-refractivity contribution < 1.29 is 0 Å². The van der Waals surface area contributed by atoms with Gasteiger partial charge < -0.3 is 15.5 Å². The first-order valence-electron chi connectivity index (χ1n) is 7.92. The van der Waals surface area contributed by atoms with Gasteiger partial charge in [0.2, 0.25) is 0 Å². The zero-order valence-electron chi connectivity index (χ0n) is 13.9. The number of guanidine groups is 1. The molecule has 0 aliphatic carbocycles. The maximum absolute atomic E-state index is 4.27. The minimum atomic E-state index is 0.808. The van der Waals surface area contributed by atoms with Gasteiger partial charge in [-0.25, -0.2) is 0 Å². The molecule has 0 spiro atoms. The Hall–Kier alpha value is -1.55. The van der Waals surface area contributed by atoms with Crippen LogP contribution in [0.2, 0.25) is 0 Å². The lowest BCUT2D eigenvalue weighted by Crippen LogP contribution is -2.38. The molecule has 0 saturated heterocycles. The monoisotopic (exact) mass is 290 g/mol. The summed E-state index contributed by atoms with van der Waals surface area (Å²) < 4.78 is 0. The van der Waals surface area contributed by atoms with Gasteiger partial charge in [0.25, 0.3) is 0 Å². The first-order chi connectivity index (χ1) is 10.2. The van der Waals surface area contributed by atoms with Crippen LogP contribution in [-0.4, -0.2) is 44.1 Å². The normalized spacial score (nSPS) is 11.8. The highest BCUT2D eigenvalue weighted by Gasteiger charge is 2.01. The number of nitrogens with zero attached hydrogens (tertiary/aromatic N) is 2. The highest BCUT2D eigenvalue weighted by atomic mass is 15.2. The molecule has 4 nitrogen and oxygen atoms in total. The Morgan fingerprint density at radius 1 is 1.14 bits per heavy atom. The fraction of sp³-hybridized carbons (Fsp3) is 0.588. The molecule has 0 unspecified atom stereocenters. The Balaban J connectivity index is 2.28. The van der Waals surface area contributed by atoms with Crippen LogP contribution in [0.5, 0.6) is 0 Å². The van der Waals surface area contributed by atoms with Crippen molar-refractivity contribution in [3.63, 3.8) is 0 Å². The van der Waals surface area contributed by atoms with Gasteiger partial charge in [0.1, 0.15) is 0 Å². The average molecular weight is 290 g/mol. The van der Waals surface area contributed by atoms with Crippen LogP contribution in [0.1, 0.15) is 31.4 Å². The summed E-state index contributed by atoms with van der Waals surface area (Å²) in [5.74, 6) is 0.873. The second-order valence-corrected chi connectivity index (χ2v) is 5.16. The third-order valence-electron chi connectivity index (χ3n) is 3.77. The SMILES string of the molecule is CCN(CC)CCCNC(=NC)NCc1ccccc1C. The second-order valence-electron chi connectivity index (χ2n) is 5.16. The number of aryl methyl sites for hydroxylation is 1. The van der Waals surface area contributed by atoms with Gasteiger partial charge >= 0.3 is 0 Å². The first kappa shape index (κ1) is 17.5. The van der Waals surface area contributed by atoms with E-state index in [1.807, 2.05) is 7.05 Å². The van der Waals surface area contributed by atoms with Crippen molar-refractivity contribution in [3.05, 3.63) is 35.4 Å². The van der Waals surface area contributed by atoms with Gasteiger partial charge in [0, 0.05) is 20.1 Å². The molecule has 0 fully saturated rings. The van der Waals surface area contributed by atoms with Crippen molar-refractivity contribution in [3.8, 4) is 0 Å². The standard InChI is InChI=1S/C17H30N4/c1-5-21(6-2)13-9-12-19-17(18-4)20-14-16-11-8-7-10-15(16)3/h7-8,10-11H,5-6,9,12-14H2,1-4H3,(H2,18,19,20). The fourth-order valence-corrected chi connectivity index (χ4v) is 2.26. The quantitative estimate of drug-likeness (QED) is 0.439. The topological polar surface area (TPSA) is 39.7 Å². The van der Waals surface area contributed by atoms with Crippen molar-refractivity contribution in [1.82, 2.24) is 15.5 Å². The Bertz CT molecular complexity index is 425. The third-order valence-corrected chi connectivity index (χ3v) is 3.77. The van der Waals surface area contributed by atoms with Gasteiger partial charge in [-0.05, 0) is 44.1 Å². The van der Waals surface area contributed by atoms with Crippen LogP contribution >= 0.6 is 0 Å². The van der Waals surface area contributed by atoms with Gasteiger partial charge in [-0.1, -0.05) is 38.1 Å². The molecule has 0 aromatic heterocycles. The van der Waals surface area contributed by atoms with Crippen LogP contribution in [-0.2, 0) is 6.54 Å². The first-order valence-corrected chi connectivity index (χ1v) is 7.92. The molecule has 0 amide bonds.